The topological polar surface area (TPSA) is 132 Å². The van der Waals surface area contributed by atoms with Crippen molar-refractivity contribution in [3.8, 4) is 17.0 Å². The molecule has 10 nitrogen and oxygen atoms in total. The number of nitrogens with two attached hydrogens (primary N) is 1. The summed E-state index contributed by atoms with van der Waals surface area (Å²) in [4.78, 5) is 41.7. The van der Waals surface area contributed by atoms with E-state index < -0.39 is 12.1 Å². The largest absolute Gasteiger partial charge is 0.493 e. The highest BCUT2D eigenvalue weighted by atomic mass is 16.5. The third-order valence-electron chi connectivity index (χ3n) is 8.17. The van der Waals surface area contributed by atoms with Crippen molar-refractivity contribution in [1.82, 2.24) is 19.4 Å². The van der Waals surface area contributed by atoms with Crippen molar-refractivity contribution >= 4 is 11.8 Å². The number of imidazole rings is 1. The number of nitrogens with zero attached hydrogens (tertiary/aromatic N) is 3. The molecule has 2 unspecified atom stereocenters. The predicted molar refractivity (Wildman–Crippen MR) is 160 cm³/mol. The number of aromatic nitrogens is 2. The molecule has 1 aliphatic heterocycles. The highest BCUT2D eigenvalue weighted by molar-refractivity contribution is 5.99. The number of rotatable bonds is 10. The molecule has 3 aromatic rings. The minimum Gasteiger partial charge on any atom is -0.493 e. The van der Waals surface area contributed by atoms with Gasteiger partial charge in [-0.1, -0.05) is 62.2 Å². The fraction of sp³-hybridized carbons (Fsp3) is 0.469. The molecular formula is C32H41N5O5. The van der Waals surface area contributed by atoms with Crippen LogP contribution in [-0.4, -0.2) is 69.8 Å². The third-order valence-corrected chi connectivity index (χ3v) is 8.17. The van der Waals surface area contributed by atoms with Gasteiger partial charge in [-0.3, -0.25) is 18.7 Å². The summed E-state index contributed by atoms with van der Waals surface area (Å²) in [6.45, 7) is 4.85. The summed E-state index contributed by atoms with van der Waals surface area (Å²) < 4.78 is 9.20. The zero-order valence-corrected chi connectivity index (χ0v) is 24.2. The van der Waals surface area contributed by atoms with Crippen LogP contribution in [0.3, 0.4) is 0 Å². The number of hydrogen-bond acceptors (Lipinski definition) is 6. The Morgan fingerprint density at radius 3 is 2.52 bits per heavy atom. The Hall–Kier alpha value is -3.89. The molecule has 2 amide bonds. The number of primary amides is 1. The van der Waals surface area contributed by atoms with Crippen molar-refractivity contribution in [3.05, 3.63) is 76.3 Å². The molecule has 10 heteroatoms. The Bertz CT molecular complexity index is 1440. The second-order valence-corrected chi connectivity index (χ2v) is 11.5. The molecule has 0 radical (unpaired) electrons. The van der Waals surface area contributed by atoms with Crippen molar-refractivity contribution < 1.29 is 19.4 Å². The second kappa shape index (κ2) is 13.4. The van der Waals surface area contributed by atoms with Gasteiger partial charge in [-0.05, 0) is 36.5 Å². The molecule has 2 aromatic carbocycles. The molecule has 42 heavy (non-hydrogen) atoms. The highest BCUT2D eigenvalue weighted by Crippen LogP contribution is 2.34. The zero-order chi connectivity index (χ0) is 29.6. The van der Waals surface area contributed by atoms with Gasteiger partial charge >= 0.3 is 5.69 Å². The number of benzene rings is 2. The Balaban J connectivity index is 1.59. The SMILES string of the molecule is CC(COc1cccc(Cn2c(C(=O)N3CCNCC3)c(-c3ccccc3)n(C3CCCC[C@H]3O)c2=O)c1)CC(N)=O. The van der Waals surface area contributed by atoms with Crippen LogP contribution in [0.5, 0.6) is 5.75 Å². The van der Waals surface area contributed by atoms with Gasteiger partial charge in [-0.2, -0.15) is 0 Å². The number of carbonyl (C=O) groups is 2. The maximum Gasteiger partial charge on any atom is 0.329 e. The molecule has 1 aromatic heterocycles. The number of piperazine rings is 1. The minimum absolute atomic E-state index is 0.0404. The third kappa shape index (κ3) is 6.60. The lowest BCUT2D eigenvalue weighted by Gasteiger charge is -2.30. The van der Waals surface area contributed by atoms with Crippen LogP contribution >= 0.6 is 0 Å². The van der Waals surface area contributed by atoms with Gasteiger partial charge in [-0.15, -0.1) is 0 Å². The molecule has 2 heterocycles. The average molecular weight is 576 g/mol. The number of aliphatic hydroxyl groups excluding tert-OH is 1. The van der Waals surface area contributed by atoms with Gasteiger partial charge in [0.1, 0.15) is 11.4 Å². The molecule has 2 fully saturated rings. The first kappa shape index (κ1) is 29.6. The summed E-state index contributed by atoms with van der Waals surface area (Å²) in [6.07, 6.45) is 2.66. The standard InChI is InChI=1S/C32H41N5O5/c1-22(18-28(33)39)21-42-25-11-7-8-23(19-25)20-36-30(31(40)35-16-14-34-15-17-35)29(24-9-3-2-4-10-24)37(32(36)41)26-12-5-6-13-27(26)38/h2-4,7-11,19,22,26-27,34,38H,5-6,12-18,20-21H2,1H3,(H2,33,39)/t22?,26?,27-/m1/s1. The number of ether oxygens (including phenoxy) is 1. The van der Waals surface area contributed by atoms with E-state index in [1.165, 1.54) is 0 Å². The zero-order valence-electron chi connectivity index (χ0n) is 24.2. The Labute approximate surface area is 246 Å². The van der Waals surface area contributed by atoms with Gasteiger partial charge in [0.2, 0.25) is 5.91 Å². The van der Waals surface area contributed by atoms with Crippen LogP contribution < -0.4 is 21.5 Å². The molecule has 5 rings (SSSR count). The van der Waals surface area contributed by atoms with Crippen molar-refractivity contribution in [2.75, 3.05) is 32.8 Å². The fourth-order valence-electron chi connectivity index (χ4n) is 6.07. The Morgan fingerprint density at radius 2 is 1.81 bits per heavy atom. The maximum atomic E-state index is 14.4. The highest BCUT2D eigenvalue weighted by Gasteiger charge is 2.35. The van der Waals surface area contributed by atoms with Crippen molar-refractivity contribution in [2.45, 2.75) is 57.7 Å². The summed E-state index contributed by atoms with van der Waals surface area (Å²) in [7, 11) is 0. The van der Waals surface area contributed by atoms with Crippen molar-refractivity contribution in [1.29, 1.82) is 0 Å². The fourth-order valence-corrected chi connectivity index (χ4v) is 6.07. The summed E-state index contributed by atoms with van der Waals surface area (Å²) >= 11 is 0. The summed E-state index contributed by atoms with van der Waals surface area (Å²) in [5.41, 5.74) is 7.48. The summed E-state index contributed by atoms with van der Waals surface area (Å²) in [5, 5.41) is 14.4. The molecule has 1 aliphatic carbocycles. The lowest BCUT2D eigenvalue weighted by molar-refractivity contribution is -0.119. The number of aliphatic hydroxyl groups is 1. The minimum atomic E-state index is -0.670. The smallest absolute Gasteiger partial charge is 0.329 e. The van der Waals surface area contributed by atoms with Gasteiger partial charge in [0.15, 0.2) is 0 Å². The van der Waals surface area contributed by atoms with E-state index in [1.54, 1.807) is 14.0 Å². The van der Waals surface area contributed by atoms with Gasteiger partial charge in [-0.25, -0.2) is 4.79 Å². The van der Waals surface area contributed by atoms with E-state index in [9.17, 15) is 19.5 Å². The van der Waals surface area contributed by atoms with Crippen LogP contribution in [0.15, 0.2) is 59.4 Å². The van der Waals surface area contributed by atoms with E-state index in [2.05, 4.69) is 5.32 Å². The lowest BCUT2D eigenvalue weighted by Crippen LogP contribution is -2.47. The van der Waals surface area contributed by atoms with Crippen LogP contribution in [0.2, 0.25) is 0 Å². The lowest BCUT2D eigenvalue weighted by atomic mass is 9.92. The first-order chi connectivity index (χ1) is 20.3. The first-order valence-corrected chi connectivity index (χ1v) is 14.9. The van der Waals surface area contributed by atoms with E-state index in [0.717, 1.165) is 24.0 Å². The Kier molecular flexibility index (Phi) is 9.44. The van der Waals surface area contributed by atoms with E-state index in [-0.39, 0.29) is 36.4 Å². The van der Waals surface area contributed by atoms with E-state index in [4.69, 9.17) is 10.5 Å². The number of nitrogens with one attached hydrogen (secondary N) is 1. The first-order valence-electron chi connectivity index (χ1n) is 14.9. The van der Waals surface area contributed by atoms with Crippen LogP contribution in [-0.2, 0) is 11.3 Å². The monoisotopic (exact) mass is 575 g/mol. The van der Waals surface area contributed by atoms with Gasteiger partial charge < -0.3 is 25.8 Å². The number of carbonyl (C=O) groups excluding carboxylic acids is 2. The van der Waals surface area contributed by atoms with E-state index in [1.807, 2.05) is 61.5 Å². The molecule has 2 aliphatic rings. The van der Waals surface area contributed by atoms with Crippen molar-refractivity contribution in [3.63, 3.8) is 0 Å². The molecule has 0 bridgehead atoms. The number of hydrogen-bond donors (Lipinski definition) is 3. The van der Waals surface area contributed by atoms with E-state index in [0.29, 0.717) is 62.8 Å². The second-order valence-electron chi connectivity index (χ2n) is 11.5. The molecule has 4 N–H and O–H groups in total. The maximum absolute atomic E-state index is 14.4. The summed E-state index contributed by atoms with van der Waals surface area (Å²) in [5.74, 6) is 0.00518. The van der Waals surface area contributed by atoms with Crippen molar-refractivity contribution in [2.24, 2.45) is 11.7 Å². The quantitative estimate of drug-likeness (QED) is 0.341. The van der Waals surface area contributed by atoms with Gasteiger partial charge in [0.05, 0.1) is 31.0 Å². The van der Waals surface area contributed by atoms with Crippen LogP contribution in [0, 0.1) is 5.92 Å². The average Bonchev–Trinajstić information content (AvgIpc) is 3.28. The molecule has 3 atom stereocenters. The van der Waals surface area contributed by atoms with Crippen LogP contribution in [0.25, 0.3) is 11.3 Å². The molecule has 1 saturated carbocycles. The molecule has 0 spiro atoms. The Morgan fingerprint density at radius 1 is 1.07 bits per heavy atom. The molecule has 224 valence electrons. The molecular weight excluding hydrogens is 534 g/mol. The molecule has 1 saturated heterocycles. The van der Waals surface area contributed by atoms with Crippen LogP contribution in [0.1, 0.15) is 61.1 Å². The van der Waals surface area contributed by atoms with Crippen LogP contribution in [0.4, 0.5) is 0 Å². The normalized spacial score (nSPS) is 19.8. The van der Waals surface area contributed by atoms with E-state index >= 15 is 0 Å². The van der Waals surface area contributed by atoms with Gasteiger partial charge in [0.25, 0.3) is 5.91 Å². The summed E-state index contributed by atoms with van der Waals surface area (Å²) in [6, 6.07) is 16.6. The number of amides is 2. The predicted octanol–water partition coefficient (Wildman–Crippen LogP) is 2.78. The van der Waals surface area contributed by atoms with Gasteiger partial charge in [0, 0.05) is 38.2 Å².